The van der Waals surface area contributed by atoms with Gasteiger partial charge in [-0.2, -0.15) is 0 Å². The highest BCUT2D eigenvalue weighted by Gasteiger charge is 2.39. The van der Waals surface area contributed by atoms with Gasteiger partial charge in [-0.1, -0.05) is 140 Å². The van der Waals surface area contributed by atoms with Gasteiger partial charge in [0.1, 0.15) is 35.1 Å². The maximum atomic E-state index is 14.4. The van der Waals surface area contributed by atoms with Crippen molar-refractivity contribution in [3.05, 3.63) is 190 Å². The molecule has 0 saturated carbocycles. The summed E-state index contributed by atoms with van der Waals surface area (Å²) in [4.78, 5) is 107. The lowest BCUT2D eigenvalue weighted by molar-refractivity contribution is -0.120. The third-order valence-electron chi connectivity index (χ3n) is 17.9. The average molecular weight is 1330 g/mol. The van der Waals surface area contributed by atoms with Gasteiger partial charge in [0.25, 0.3) is 11.8 Å². The molecule has 524 valence electrons. The molecule has 0 fully saturated rings. The van der Waals surface area contributed by atoms with E-state index in [-0.39, 0.29) is 87.9 Å². The van der Waals surface area contributed by atoms with Crippen LogP contribution in [0.15, 0.2) is 178 Å². The van der Waals surface area contributed by atoms with Crippen molar-refractivity contribution in [3.8, 4) is 11.5 Å². The van der Waals surface area contributed by atoms with E-state index in [0.717, 1.165) is 11.1 Å². The van der Waals surface area contributed by atoms with Crippen LogP contribution in [0, 0.1) is 47.3 Å². The molecule has 19 nitrogen and oxygen atoms in total. The van der Waals surface area contributed by atoms with Gasteiger partial charge in [-0.3, -0.25) is 28.8 Å². The molecule has 0 unspecified atom stereocenters. The zero-order valence-corrected chi connectivity index (χ0v) is 59.2. The number of fused-ring (bicyclic) bond motifs is 4. The molecule has 6 rings (SSSR count). The van der Waals surface area contributed by atoms with Gasteiger partial charge in [0.05, 0.1) is 37.6 Å². The van der Waals surface area contributed by atoms with Gasteiger partial charge >= 0.3 is 12.2 Å². The number of hydrogen-bond donors (Lipinski definition) is 7. The summed E-state index contributed by atoms with van der Waals surface area (Å²) in [6.07, 6.45) is 15.1. The number of nitrogens with one attached hydrogen (secondary N) is 2. The molecule has 2 aromatic carbocycles. The Bertz CT molecular complexity index is 3570. The first-order valence-corrected chi connectivity index (χ1v) is 33.0. The fourth-order valence-electron chi connectivity index (χ4n) is 12.6. The summed E-state index contributed by atoms with van der Waals surface area (Å²) in [5.74, 6) is -3.03. The molecular formula is C78H103N5O14. The van der Waals surface area contributed by atoms with E-state index in [1.165, 1.54) is 14.2 Å². The Hall–Kier alpha value is -9.04. The van der Waals surface area contributed by atoms with Gasteiger partial charge in [0.15, 0.2) is 11.6 Å². The standard InChI is InChI=1S/C39H50N2O7.C36H46N2O7.C3H7N/c1-9-10-14-30-31-20-22(2)19-25(5)34(42)26(6)21-27(7)37(48-39(40)46)23(3)12-11-13-24(4)38(45)41-33(36(31)44)32(35(30)43)28-15-17-29(47-8)18-16-28;1-19-16-22(4)31(39)23(5)18-24(6)34(45-36(37)43)20(2)10-9-11-21(3)35(42)38-30-29(26-12-14-27(44-8)15-13-26)32(40)25(7)28(17-19)33(30)41;1-2-3-4/h9,11-13,15-18,21-23,25-26,34,37,42H,1,10,14,19-20H2,2-8H3,(H2,40,46)(H,41,45);9-15,18-20,22-23,31,34,39H,16-17H2,1-8H3,(H2,37,43)(H,38,42);2H,1,3-4H2/b12-11-,24-13+,27-21+;10-9-,21-11+,24-18+;/t22-,23-,25-,26-,34-,37+;19-,20-,22-,23-,31-,34+;/m00./s1. The number of nitrogens with two attached hydrogens (primary N) is 3. The minimum absolute atomic E-state index is 0.0630. The first-order valence-electron chi connectivity index (χ1n) is 33.0. The van der Waals surface area contributed by atoms with Crippen LogP contribution in [0.4, 0.5) is 9.59 Å². The van der Waals surface area contributed by atoms with Crippen LogP contribution in [-0.2, 0) is 38.2 Å². The maximum absolute atomic E-state index is 14.4. The van der Waals surface area contributed by atoms with Crippen LogP contribution in [0.25, 0.3) is 11.1 Å². The number of aliphatic hydroxyl groups excluding tert-OH is 2. The Labute approximate surface area is 573 Å². The molecule has 19 heteroatoms. The van der Waals surface area contributed by atoms with Gasteiger partial charge in [-0.25, -0.2) is 9.59 Å². The van der Waals surface area contributed by atoms with Crippen molar-refractivity contribution in [3.63, 3.8) is 0 Å². The summed E-state index contributed by atoms with van der Waals surface area (Å²) < 4.78 is 21.5. The Kier molecular flexibility index (Phi) is 31.5. The van der Waals surface area contributed by atoms with Crippen LogP contribution in [-0.4, -0.2) is 103 Å². The molecule has 2 aliphatic carbocycles. The summed E-state index contributed by atoms with van der Waals surface area (Å²) in [5, 5.41) is 28.1. The summed E-state index contributed by atoms with van der Waals surface area (Å²) in [7, 11) is 3.07. The van der Waals surface area contributed by atoms with E-state index in [9.17, 15) is 48.6 Å². The number of Topliss-reactive ketones (excluding diaryl/α,β-unsaturated/α-hetero) is 4. The number of aliphatic hydroxyl groups is 2. The number of rotatable bonds is 10. The topological polar surface area (TPSA) is 316 Å². The maximum Gasteiger partial charge on any atom is 0.405 e. The van der Waals surface area contributed by atoms with Crippen LogP contribution in [0.5, 0.6) is 11.5 Å². The minimum Gasteiger partial charge on any atom is -0.497 e. The highest BCUT2D eigenvalue weighted by atomic mass is 16.6. The van der Waals surface area contributed by atoms with E-state index in [1.54, 1.807) is 118 Å². The second-order valence-electron chi connectivity index (χ2n) is 26.1. The van der Waals surface area contributed by atoms with Crippen molar-refractivity contribution in [2.24, 2.45) is 64.5 Å². The molecule has 4 amide bonds. The van der Waals surface area contributed by atoms with Crippen molar-refractivity contribution in [1.82, 2.24) is 10.6 Å². The van der Waals surface area contributed by atoms with E-state index in [0.29, 0.717) is 94.7 Å². The number of ketones is 4. The van der Waals surface area contributed by atoms with Gasteiger partial charge in [0.2, 0.25) is 11.6 Å². The number of primary amides is 2. The number of hydrogen-bond acceptors (Lipinski definition) is 15. The number of ether oxygens (including phenoxy) is 4. The molecule has 97 heavy (non-hydrogen) atoms. The smallest absolute Gasteiger partial charge is 0.405 e. The van der Waals surface area contributed by atoms with Crippen molar-refractivity contribution in [1.29, 1.82) is 0 Å². The second-order valence-corrected chi connectivity index (χ2v) is 26.1. The molecule has 10 N–H and O–H groups in total. The van der Waals surface area contributed by atoms with E-state index in [2.05, 4.69) is 23.8 Å². The zero-order chi connectivity index (χ0) is 72.7. The van der Waals surface area contributed by atoms with Crippen molar-refractivity contribution in [2.45, 2.75) is 153 Å². The van der Waals surface area contributed by atoms with E-state index < -0.39 is 60.0 Å². The van der Waals surface area contributed by atoms with E-state index in [4.69, 9.17) is 36.1 Å². The van der Waals surface area contributed by atoms with E-state index >= 15 is 0 Å². The molecule has 12 atom stereocenters. The zero-order valence-electron chi connectivity index (χ0n) is 59.2. The quantitative estimate of drug-likeness (QED) is 0.0859. The van der Waals surface area contributed by atoms with Crippen LogP contribution in [0.2, 0.25) is 0 Å². The Morgan fingerprint density at radius 1 is 0.557 bits per heavy atom. The summed E-state index contributed by atoms with van der Waals surface area (Å²) in [6, 6.07) is 13.6. The third-order valence-corrected chi connectivity index (χ3v) is 17.9. The minimum atomic E-state index is -0.916. The number of methoxy groups -OCH3 is 2. The van der Waals surface area contributed by atoms with Crippen molar-refractivity contribution >= 4 is 58.3 Å². The Morgan fingerprint density at radius 3 is 1.29 bits per heavy atom. The lowest BCUT2D eigenvalue weighted by Gasteiger charge is -2.29. The Morgan fingerprint density at radius 2 is 0.928 bits per heavy atom. The van der Waals surface area contributed by atoms with Crippen LogP contribution < -0.4 is 37.3 Å². The normalized spacial score (nSPS) is 28.9. The highest BCUT2D eigenvalue weighted by Crippen LogP contribution is 2.39. The monoisotopic (exact) mass is 1330 g/mol. The average Bonchev–Trinajstić information content (AvgIpc) is 0.820. The lowest BCUT2D eigenvalue weighted by Crippen LogP contribution is -2.35. The Balaban J connectivity index is 0.000000391. The predicted octanol–water partition coefficient (Wildman–Crippen LogP) is 12.3. The number of allylic oxidation sites excluding steroid dienone is 11. The molecule has 0 radical (unpaired) electrons. The molecular weight excluding hydrogens is 1230 g/mol. The molecule has 0 saturated heterocycles. The highest BCUT2D eigenvalue weighted by molar-refractivity contribution is 6.41. The molecule has 0 spiro atoms. The first kappa shape index (κ1) is 80.4. The molecule has 4 aliphatic rings. The molecule has 2 heterocycles. The predicted molar refractivity (Wildman–Crippen MR) is 381 cm³/mol. The number of benzene rings is 2. The van der Waals surface area contributed by atoms with Crippen LogP contribution in [0.1, 0.15) is 140 Å². The fourth-order valence-corrected chi connectivity index (χ4v) is 12.6. The van der Waals surface area contributed by atoms with Crippen LogP contribution in [0.3, 0.4) is 0 Å². The SMILES string of the molecule is C=CCCC1=C2C[C@@H](C)C[C@H](C)[C@H](O)[C@@H](C)/C=C(\C)[C@H](OC(N)=O)[C@@H](C)/C=C\C=C(/C)C(=O)NC(=C(c3ccc(OC)cc3)C1=O)C2=O.C=CCN.COc1ccc(C2=C3NC(=O)/C(C)=C/C=C\[C@H](C)[C@@H](OC(N)=O)/C(C)=C/[C@H](C)[C@@H](O)[C@@H](C)C[C@H](C)CC(=C(C)C2=O)C3=O)cc1. The summed E-state index contributed by atoms with van der Waals surface area (Å²) >= 11 is 0. The summed E-state index contributed by atoms with van der Waals surface area (Å²) in [6.45, 7) is 31.7. The molecule has 2 aromatic rings. The van der Waals surface area contributed by atoms with E-state index in [1.807, 2.05) is 81.4 Å². The fraction of sp³-hybridized carbons (Fsp3) is 0.436. The lowest BCUT2D eigenvalue weighted by atomic mass is 9.77. The molecule has 4 bridgehead atoms. The van der Waals surface area contributed by atoms with Gasteiger partial charge in [0, 0.05) is 63.7 Å². The van der Waals surface area contributed by atoms with Crippen LogP contribution >= 0.6 is 0 Å². The molecule has 0 aromatic heterocycles. The number of carbonyl (C=O) groups is 8. The largest absolute Gasteiger partial charge is 0.497 e. The van der Waals surface area contributed by atoms with Gasteiger partial charge < -0.3 is 57.0 Å². The third kappa shape index (κ3) is 22.3. The van der Waals surface area contributed by atoms with Gasteiger partial charge in [-0.15, -0.1) is 13.2 Å². The summed E-state index contributed by atoms with van der Waals surface area (Å²) in [5.41, 5.74) is 20.3. The van der Waals surface area contributed by atoms with Crippen molar-refractivity contribution in [2.75, 3.05) is 20.8 Å². The molecule has 2 aliphatic heterocycles. The second kappa shape index (κ2) is 38.0. The van der Waals surface area contributed by atoms with Crippen molar-refractivity contribution < 1.29 is 67.5 Å². The number of carbonyl (C=O) groups excluding carboxylic acids is 8. The first-order chi connectivity index (χ1) is 45.8. The van der Waals surface area contributed by atoms with Gasteiger partial charge in [-0.05, 0) is 143 Å². The number of amides is 4.